The first-order valence-electron chi connectivity index (χ1n) is 7.30. The smallest absolute Gasteiger partial charge is 0.166 e. The fourth-order valence-electron chi connectivity index (χ4n) is 3.31. The Kier molecular flexibility index (Phi) is 3.59. The molecule has 1 aliphatic carbocycles. The maximum atomic E-state index is 6.50. The van der Waals surface area contributed by atoms with Gasteiger partial charge in [-0.25, -0.2) is 0 Å². The van der Waals surface area contributed by atoms with Crippen molar-refractivity contribution < 1.29 is 9.47 Å². The maximum Gasteiger partial charge on any atom is 0.166 e. The minimum absolute atomic E-state index is 0.261. The van der Waals surface area contributed by atoms with Gasteiger partial charge in [0.1, 0.15) is 13.2 Å². The lowest BCUT2D eigenvalue weighted by molar-refractivity contribution is 0.167. The largest absolute Gasteiger partial charge is 0.486 e. The summed E-state index contributed by atoms with van der Waals surface area (Å²) >= 11 is 6.50. The summed E-state index contributed by atoms with van der Waals surface area (Å²) in [6.45, 7) is 5.85. The number of ether oxygens (including phenoxy) is 2. The molecule has 1 heterocycles. The molecular weight excluding hydrogens is 274 g/mol. The molecule has 1 aromatic carbocycles. The van der Waals surface area contributed by atoms with Crippen LogP contribution in [0.15, 0.2) is 6.07 Å². The molecule has 0 bridgehead atoms. The van der Waals surface area contributed by atoms with E-state index >= 15 is 0 Å². The van der Waals surface area contributed by atoms with Crippen molar-refractivity contribution in [3.8, 4) is 11.5 Å². The standard InChI is InChI=1S/C16H22ClNO2/c1-16(2)5-4-10-11(17)8-13-15(20-7-6-19-13)14(10)12(9-16)18-3/h8,12,18H,4-7,9H2,1-3H3. The van der Waals surface area contributed by atoms with Gasteiger partial charge in [-0.3, -0.25) is 0 Å². The van der Waals surface area contributed by atoms with Crippen molar-refractivity contribution in [3.05, 3.63) is 22.2 Å². The molecule has 3 rings (SSSR count). The average Bonchev–Trinajstić information content (AvgIpc) is 2.55. The van der Waals surface area contributed by atoms with Gasteiger partial charge in [0.05, 0.1) is 0 Å². The van der Waals surface area contributed by atoms with E-state index in [1.165, 1.54) is 11.1 Å². The van der Waals surface area contributed by atoms with E-state index in [0.29, 0.717) is 18.6 Å². The van der Waals surface area contributed by atoms with Crippen molar-refractivity contribution in [1.29, 1.82) is 0 Å². The lowest BCUT2D eigenvalue weighted by atomic mass is 9.83. The Hall–Kier alpha value is -0.930. The van der Waals surface area contributed by atoms with Gasteiger partial charge in [0.2, 0.25) is 0 Å². The van der Waals surface area contributed by atoms with Crippen LogP contribution >= 0.6 is 11.6 Å². The van der Waals surface area contributed by atoms with Crippen molar-refractivity contribution in [3.63, 3.8) is 0 Å². The molecule has 1 aromatic rings. The second-order valence-corrected chi connectivity index (χ2v) is 6.89. The first-order valence-corrected chi connectivity index (χ1v) is 7.68. The van der Waals surface area contributed by atoms with E-state index in [1.54, 1.807) is 0 Å². The topological polar surface area (TPSA) is 30.5 Å². The molecule has 0 aromatic heterocycles. The second kappa shape index (κ2) is 5.12. The fourth-order valence-corrected chi connectivity index (χ4v) is 3.60. The van der Waals surface area contributed by atoms with Gasteiger partial charge < -0.3 is 14.8 Å². The SMILES string of the molecule is CNC1CC(C)(C)CCc2c(Cl)cc3c(c21)OCCO3. The Morgan fingerprint density at radius 1 is 1.30 bits per heavy atom. The summed E-state index contributed by atoms with van der Waals surface area (Å²) in [4.78, 5) is 0. The van der Waals surface area contributed by atoms with Gasteiger partial charge in [-0.2, -0.15) is 0 Å². The summed E-state index contributed by atoms with van der Waals surface area (Å²) < 4.78 is 11.6. The van der Waals surface area contributed by atoms with Gasteiger partial charge in [0.15, 0.2) is 11.5 Å². The molecule has 0 fully saturated rings. The average molecular weight is 296 g/mol. The van der Waals surface area contributed by atoms with E-state index < -0.39 is 0 Å². The van der Waals surface area contributed by atoms with E-state index in [4.69, 9.17) is 21.1 Å². The summed E-state index contributed by atoms with van der Waals surface area (Å²) in [5.41, 5.74) is 2.72. The van der Waals surface area contributed by atoms with Gasteiger partial charge >= 0.3 is 0 Å². The molecule has 1 atom stereocenters. The van der Waals surface area contributed by atoms with E-state index in [9.17, 15) is 0 Å². The van der Waals surface area contributed by atoms with Crippen LogP contribution in [0.2, 0.25) is 5.02 Å². The van der Waals surface area contributed by atoms with Crippen LogP contribution in [-0.2, 0) is 6.42 Å². The fraction of sp³-hybridized carbons (Fsp3) is 0.625. The molecule has 2 aliphatic rings. The monoisotopic (exact) mass is 295 g/mol. The Balaban J connectivity index is 2.16. The van der Waals surface area contributed by atoms with Crippen LogP contribution < -0.4 is 14.8 Å². The third kappa shape index (κ3) is 2.38. The van der Waals surface area contributed by atoms with Crippen molar-refractivity contribution in [2.24, 2.45) is 5.41 Å². The van der Waals surface area contributed by atoms with E-state index in [-0.39, 0.29) is 6.04 Å². The Morgan fingerprint density at radius 2 is 2.05 bits per heavy atom. The summed E-state index contributed by atoms with van der Waals surface area (Å²) in [5.74, 6) is 1.69. The second-order valence-electron chi connectivity index (χ2n) is 6.48. The summed E-state index contributed by atoms with van der Waals surface area (Å²) in [6.07, 6.45) is 3.21. The zero-order valence-electron chi connectivity index (χ0n) is 12.4. The van der Waals surface area contributed by atoms with Gasteiger partial charge in [-0.1, -0.05) is 25.4 Å². The third-order valence-corrected chi connectivity index (χ3v) is 4.77. The number of benzene rings is 1. The zero-order valence-corrected chi connectivity index (χ0v) is 13.1. The molecule has 0 radical (unpaired) electrons. The Bertz CT molecular complexity index is 528. The molecular formula is C16H22ClNO2. The van der Waals surface area contributed by atoms with Crippen LogP contribution in [0.1, 0.15) is 43.9 Å². The first kappa shape index (κ1) is 14.0. The van der Waals surface area contributed by atoms with Gasteiger partial charge in [0, 0.05) is 22.7 Å². The highest BCUT2D eigenvalue weighted by molar-refractivity contribution is 6.31. The number of hydrogen-bond acceptors (Lipinski definition) is 3. The summed E-state index contributed by atoms with van der Waals surface area (Å²) in [6, 6.07) is 2.18. The van der Waals surface area contributed by atoms with Gasteiger partial charge in [-0.15, -0.1) is 0 Å². The van der Waals surface area contributed by atoms with Crippen LogP contribution in [-0.4, -0.2) is 20.3 Å². The zero-order chi connectivity index (χ0) is 14.3. The lowest BCUT2D eigenvalue weighted by Crippen LogP contribution is -2.25. The normalized spacial score (nSPS) is 23.9. The summed E-state index contributed by atoms with van der Waals surface area (Å²) in [7, 11) is 2.01. The molecule has 1 N–H and O–H groups in total. The predicted octanol–water partition coefficient (Wildman–Crippen LogP) is 3.73. The van der Waals surface area contributed by atoms with Crippen LogP contribution in [0.3, 0.4) is 0 Å². The molecule has 1 aliphatic heterocycles. The van der Waals surface area contributed by atoms with Gasteiger partial charge in [-0.05, 0) is 37.3 Å². The molecule has 0 saturated carbocycles. The quantitative estimate of drug-likeness (QED) is 0.801. The molecule has 1 unspecified atom stereocenters. The Labute approximate surface area is 125 Å². The molecule has 110 valence electrons. The predicted molar refractivity (Wildman–Crippen MR) is 81.0 cm³/mol. The number of hydrogen-bond donors (Lipinski definition) is 1. The molecule has 3 nitrogen and oxygen atoms in total. The van der Waals surface area contributed by atoms with Gasteiger partial charge in [0.25, 0.3) is 0 Å². The number of fused-ring (bicyclic) bond motifs is 3. The van der Waals surface area contributed by atoms with E-state index in [1.807, 2.05) is 13.1 Å². The first-order chi connectivity index (χ1) is 9.52. The van der Waals surface area contributed by atoms with E-state index in [2.05, 4.69) is 19.2 Å². The summed E-state index contributed by atoms with van der Waals surface area (Å²) in [5, 5.41) is 4.25. The Morgan fingerprint density at radius 3 is 2.80 bits per heavy atom. The number of halogens is 1. The minimum atomic E-state index is 0.261. The van der Waals surface area contributed by atoms with Crippen LogP contribution in [0.5, 0.6) is 11.5 Å². The highest BCUT2D eigenvalue weighted by Gasteiger charge is 2.34. The van der Waals surface area contributed by atoms with Crippen molar-refractivity contribution in [2.45, 2.75) is 39.2 Å². The molecule has 0 amide bonds. The third-order valence-electron chi connectivity index (χ3n) is 4.43. The van der Waals surface area contributed by atoms with Crippen molar-refractivity contribution >= 4 is 11.6 Å². The highest BCUT2D eigenvalue weighted by atomic mass is 35.5. The number of rotatable bonds is 1. The number of nitrogens with one attached hydrogen (secondary N) is 1. The minimum Gasteiger partial charge on any atom is -0.486 e. The maximum absolute atomic E-state index is 6.50. The molecule has 20 heavy (non-hydrogen) atoms. The molecule has 0 spiro atoms. The lowest BCUT2D eigenvalue weighted by Gasteiger charge is -2.29. The van der Waals surface area contributed by atoms with Crippen molar-refractivity contribution in [1.82, 2.24) is 5.32 Å². The molecule has 0 saturated heterocycles. The van der Waals surface area contributed by atoms with E-state index in [0.717, 1.165) is 35.8 Å². The van der Waals surface area contributed by atoms with Crippen LogP contribution in [0.25, 0.3) is 0 Å². The van der Waals surface area contributed by atoms with Crippen LogP contribution in [0.4, 0.5) is 0 Å². The molecule has 4 heteroatoms. The van der Waals surface area contributed by atoms with Crippen molar-refractivity contribution in [2.75, 3.05) is 20.3 Å². The highest BCUT2D eigenvalue weighted by Crippen LogP contribution is 2.49. The van der Waals surface area contributed by atoms with Crippen LogP contribution in [0, 0.1) is 5.41 Å².